The lowest BCUT2D eigenvalue weighted by molar-refractivity contribution is -0.384. The SMILES string of the molecule is CC(C)(C)C1CCC(NC(=O)c2cccc([N+](=O)[O-])c2)CC1. The van der Waals surface area contributed by atoms with Crippen molar-refractivity contribution in [3.63, 3.8) is 0 Å². The van der Waals surface area contributed by atoms with Crippen LogP contribution in [0.5, 0.6) is 0 Å². The predicted octanol–water partition coefficient (Wildman–Crippen LogP) is 3.93. The molecule has 0 bridgehead atoms. The molecule has 1 aliphatic carbocycles. The third-order valence-electron chi connectivity index (χ3n) is 4.61. The first-order chi connectivity index (χ1) is 10.3. The van der Waals surface area contributed by atoms with E-state index in [2.05, 4.69) is 26.1 Å². The van der Waals surface area contributed by atoms with Crippen molar-refractivity contribution in [3.8, 4) is 0 Å². The van der Waals surface area contributed by atoms with Gasteiger partial charge < -0.3 is 5.32 Å². The van der Waals surface area contributed by atoms with Crippen LogP contribution in [0.3, 0.4) is 0 Å². The van der Waals surface area contributed by atoms with Crippen molar-refractivity contribution >= 4 is 11.6 Å². The topological polar surface area (TPSA) is 72.2 Å². The Morgan fingerprint density at radius 1 is 1.23 bits per heavy atom. The molecule has 0 spiro atoms. The van der Waals surface area contributed by atoms with Gasteiger partial charge in [-0.25, -0.2) is 0 Å². The molecule has 5 heteroatoms. The van der Waals surface area contributed by atoms with Crippen molar-refractivity contribution in [1.82, 2.24) is 5.32 Å². The largest absolute Gasteiger partial charge is 0.349 e. The summed E-state index contributed by atoms with van der Waals surface area (Å²) in [4.78, 5) is 22.5. The summed E-state index contributed by atoms with van der Waals surface area (Å²) >= 11 is 0. The maximum absolute atomic E-state index is 12.2. The molecular weight excluding hydrogens is 280 g/mol. The minimum absolute atomic E-state index is 0.0518. The Balaban J connectivity index is 1.94. The highest BCUT2D eigenvalue weighted by Crippen LogP contribution is 2.37. The summed E-state index contributed by atoms with van der Waals surface area (Å²) < 4.78 is 0. The maximum atomic E-state index is 12.2. The van der Waals surface area contributed by atoms with Gasteiger partial charge in [0.25, 0.3) is 11.6 Å². The third kappa shape index (κ3) is 4.06. The average molecular weight is 304 g/mol. The smallest absolute Gasteiger partial charge is 0.270 e. The van der Waals surface area contributed by atoms with Crippen LogP contribution < -0.4 is 5.32 Å². The van der Waals surface area contributed by atoms with E-state index in [0.717, 1.165) is 25.7 Å². The van der Waals surface area contributed by atoms with Gasteiger partial charge in [0.05, 0.1) is 4.92 Å². The normalized spacial score (nSPS) is 22.1. The van der Waals surface area contributed by atoms with Gasteiger partial charge in [-0.05, 0) is 43.1 Å². The molecule has 1 aliphatic rings. The fourth-order valence-corrected chi connectivity index (χ4v) is 3.13. The van der Waals surface area contributed by atoms with Crippen molar-refractivity contribution in [2.75, 3.05) is 0 Å². The Labute approximate surface area is 131 Å². The molecular formula is C17H24N2O3. The first-order valence-electron chi connectivity index (χ1n) is 7.82. The summed E-state index contributed by atoms with van der Waals surface area (Å²) in [5.74, 6) is 0.473. The Kier molecular flexibility index (Phi) is 4.84. The predicted molar refractivity (Wildman–Crippen MR) is 85.8 cm³/mol. The number of nitrogens with one attached hydrogen (secondary N) is 1. The monoisotopic (exact) mass is 304 g/mol. The molecule has 1 aromatic carbocycles. The number of carbonyl (C=O) groups excluding carboxylic acids is 1. The van der Waals surface area contributed by atoms with Crippen LogP contribution in [0.4, 0.5) is 5.69 Å². The van der Waals surface area contributed by atoms with Crippen LogP contribution in [0, 0.1) is 21.4 Å². The molecule has 0 atom stereocenters. The highest BCUT2D eigenvalue weighted by atomic mass is 16.6. The summed E-state index contributed by atoms with van der Waals surface area (Å²) in [6.07, 6.45) is 4.18. The second-order valence-corrected chi connectivity index (χ2v) is 7.20. The molecule has 5 nitrogen and oxygen atoms in total. The fraction of sp³-hybridized carbons (Fsp3) is 0.588. The van der Waals surface area contributed by atoms with E-state index >= 15 is 0 Å². The number of non-ortho nitro benzene ring substituents is 1. The number of rotatable bonds is 3. The Morgan fingerprint density at radius 2 is 1.86 bits per heavy atom. The second-order valence-electron chi connectivity index (χ2n) is 7.20. The lowest BCUT2D eigenvalue weighted by Crippen LogP contribution is -2.39. The summed E-state index contributed by atoms with van der Waals surface area (Å²) in [6, 6.07) is 6.05. The molecule has 2 rings (SSSR count). The second kappa shape index (κ2) is 6.46. The molecule has 0 aliphatic heterocycles. The first-order valence-corrected chi connectivity index (χ1v) is 7.82. The van der Waals surface area contributed by atoms with Gasteiger partial charge in [0.2, 0.25) is 0 Å². The minimum atomic E-state index is -0.481. The van der Waals surface area contributed by atoms with E-state index in [0.29, 0.717) is 16.9 Å². The first kappa shape index (κ1) is 16.5. The highest BCUT2D eigenvalue weighted by molar-refractivity contribution is 5.95. The zero-order chi connectivity index (χ0) is 16.3. The van der Waals surface area contributed by atoms with Crippen LogP contribution in [0.15, 0.2) is 24.3 Å². The van der Waals surface area contributed by atoms with Gasteiger partial charge >= 0.3 is 0 Å². The number of benzene rings is 1. The molecule has 0 heterocycles. The number of amides is 1. The van der Waals surface area contributed by atoms with Crippen molar-refractivity contribution in [1.29, 1.82) is 0 Å². The molecule has 1 fully saturated rings. The number of nitro groups is 1. The van der Waals surface area contributed by atoms with E-state index in [-0.39, 0.29) is 17.6 Å². The average Bonchev–Trinajstić information content (AvgIpc) is 2.47. The Morgan fingerprint density at radius 3 is 2.41 bits per heavy atom. The standard InChI is InChI=1S/C17H24N2O3/c1-17(2,3)13-7-9-14(10-8-13)18-16(20)12-5-4-6-15(11-12)19(21)22/h4-6,11,13-14H,7-10H2,1-3H3,(H,18,20). The van der Waals surface area contributed by atoms with Gasteiger partial charge in [0, 0.05) is 23.7 Å². The van der Waals surface area contributed by atoms with Gasteiger partial charge in [0.1, 0.15) is 0 Å². The van der Waals surface area contributed by atoms with E-state index in [9.17, 15) is 14.9 Å². The molecule has 120 valence electrons. The Bertz CT molecular complexity index is 555. The van der Waals surface area contributed by atoms with Crippen LogP contribution >= 0.6 is 0 Å². The zero-order valence-electron chi connectivity index (χ0n) is 13.5. The Hall–Kier alpha value is -1.91. The van der Waals surface area contributed by atoms with Crippen molar-refractivity contribution in [2.24, 2.45) is 11.3 Å². The van der Waals surface area contributed by atoms with E-state index in [4.69, 9.17) is 0 Å². The molecule has 0 unspecified atom stereocenters. The highest BCUT2D eigenvalue weighted by Gasteiger charge is 2.30. The van der Waals surface area contributed by atoms with E-state index < -0.39 is 4.92 Å². The summed E-state index contributed by atoms with van der Waals surface area (Å²) in [7, 11) is 0. The number of nitrogens with zero attached hydrogens (tertiary/aromatic N) is 1. The maximum Gasteiger partial charge on any atom is 0.270 e. The van der Waals surface area contributed by atoms with Crippen molar-refractivity contribution in [3.05, 3.63) is 39.9 Å². The fourth-order valence-electron chi connectivity index (χ4n) is 3.13. The molecule has 0 aromatic heterocycles. The molecule has 1 saturated carbocycles. The number of hydrogen-bond donors (Lipinski definition) is 1. The van der Waals surface area contributed by atoms with Crippen LogP contribution in [0.25, 0.3) is 0 Å². The minimum Gasteiger partial charge on any atom is -0.349 e. The van der Waals surface area contributed by atoms with Gasteiger partial charge in [-0.3, -0.25) is 14.9 Å². The van der Waals surface area contributed by atoms with Crippen LogP contribution in [-0.2, 0) is 0 Å². The van der Waals surface area contributed by atoms with Gasteiger partial charge in [-0.1, -0.05) is 26.8 Å². The molecule has 0 radical (unpaired) electrons. The van der Waals surface area contributed by atoms with E-state index in [1.54, 1.807) is 12.1 Å². The molecule has 22 heavy (non-hydrogen) atoms. The summed E-state index contributed by atoms with van der Waals surface area (Å²) in [5, 5.41) is 13.8. The summed E-state index contributed by atoms with van der Waals surface area (Å²) in [5.41, 5.74) is 0.617. The van der Waals surface area contributed by atoms with Gasteiger partial charge in [-0.15, -0.1) is 0 Å². The molecule has 0 saturated heterocycles. The van der Waals surface area contributed by atoms with Crippen molar-refractivity contribution in [2.45, 2.75) is 52.5 Å². The molecule has 1 amide bonds. The molecule has 1 N–H and O–H groups in total. The number of carbonyl (C=O) groups is 1. The lowest BCUT2D eigenvalue weighted by Gasteiger charge is -2.37. The molecule has 1 aromatic rings. The van der Waals surface area contributed by atoms with Crippen LogP contribution in [0.1, 0.15) is 56.8 Å². The van der Waals surface area contributed by atoms with Crippen molar-refractivity contribution < 1.29 is 9.72 Å². The quantitative estimate of drug-likeness (QED) is 0.679. The van der Waals surface area contributed by atoms with E-state index in [1.165, 1.54) is 12.1 Å². The third-order valence-corrected chi connectivity index (χ3v) is 4.61. The van der Waals surface area contributed by atoms with E-state index in [1.807, 2.05) is 0 Å². The van der Waals surface area contributed by atoms with Crippen LogP contribution in [-0.4, -0.2) is 16.9 Å². The number of nitro benzene ring substituents is 1. The summed E-state index contributed by atoms with van der Waals surface area (Å²) in [6.45, 7) is 6.79. The van der Waals surface area contributed by atoms with Gasteiger partial charge in [0.15, 0.2) is 0 Å². The number of hydrogen-bond acceptors (Lipinski definition) is 3. The zero-order valence-corrected chi connectivity index (χ0v) is 13.5. The lowest BCUT2D eigenvalue weighted by atomic mass is 9.71. The van der Waals surface area contributed by atoms with Crippen LogP contribution in [0.2, 0.25) is 0 Å². The van der Waals surface area contributed by atoms with Gasteiger partial charge in [-0.2, -0.15) is 0 Å².